The Labute approximate surface area is 169 Å². The number of nitrogens with one attached hydrogen (secondary N) is 1. The van der Waals surface area contributed by atoms with Crippen LogP contribution in [0.25, 0.3) is 0 Å². The number of amides is 2. The van der Waals surface area contributed by atoms with Crippen LogP contribution in [-0.4, -0.2) is 91.2 Å². The van der Waals surface area contributed by atoms with E-state index in [1.54, 1.807) is 7.05 Å². The first kappa shape index (κ1) is 21.4. The zero-order chi connectivity index (χ0) is 20.1. The molecule has 1 N–H and O–H groups in total. The lowest BCUT2D eigenvalue weighted by Gasteiger charge is -2.38. The summed E-state index contributed by atoms with van der Waals surface area (Å²) < 4.78 is 5.81. The van der Waals surface area contributed by atoms with Gasteiger partial charge >= 0.3 is 6.09 Å². The van der Waals surface area contributed by atoms with Gasteiger partial charge in [-0.25, -0.2) is 4.79 Å². The molecule has 1 atom stereocenters. The molecule has 7 nitrogen and oxygen atoms in total. The van der Waals surface area contributed by atoms with Crippen LogP contribution in [0.1, 0.15) is 58.3 Å². The van der Waals surface area contributed by atoms with Gasteiger partial charge in [-0.1, -0.05) is 19.3 Å². The van der Waals surface area contributed by atoms with Crippen molar-refractivity contribution in [2.24, 2.45) is 0 Å². The standard InChI is InChI=1S/C21H38N4O3/c1-17(22-2)19(26)24-14-10-21(11-15-24)16-25(20(27)28-21)13-7-12-23(3)18-8-5-4-6-9-18/h17-18,22H,4-16H2,1-3H3/t17-/m0/s1. The lowest BCUT2D eigenvalue weighted by atomic mass is 9.91. The lowest BCUT2D eigenvalue weighted by molar-refractivity contribution is -0.136. The molecule has 7 heteroatoms. The first-order valence-electron chi connectivity index (χ1n) is 11.1. The van der Waals surface area contributed by atoms with Gasteiger partial charge < -0.3 is 24.8 Å². The molecule has 3 fully saturated rings. The van der Waals surface area contributed by atoms with E-state index in [1.807, 2.05) is 16.7 Å². The summed E-state index contributed by atoms with van der Waals surface area (Å²) in [6.45, 7) is 5.67. The van der Waals surface area contributed by atoms with Crippen molar-refractivity contribution < 1.29 is 14.3 Å². The summed E-state index contributed by atoms with van der Waals surface area (Å²) in [5, 5.41) is 3.00. The average Bonchev–Trinajstić information content (AvgIpc) is 3.02. The van der Waals surface area contributed by atoms with Gasteiger partial charge in [0.15, 0.2) is 0 Å². The highest BCUT2D eigenvalue weighted by Gasteiger charge is 2.47. The number of likely N-dealkylation sites (N-methyl/N-ethyl adjacent to an activating group) is 1. The van der Waals surface area contributed by atoms with Crippen molar-refractivity contribution in [2.75, 3.05) is 46.8 Å². The number of hydrogen-bond acceptors (Lipinski definition) is 5. The molecule has 2 aliphatic heterocycles. The molecule has 3 rings (SSSR count). The number of piperidine rings is 1. The minimum atomic E-state index is -0.397. The van der Waals surface area contributed by atoms with Crippen molar-refractivity contribution in [1.82, 2.24) is 20.0 Å². The molecular formula is C21H38N4O3. The molecule has 0 radical (unpaired) electrons. The zero-order valence-corrected chi connectivity index (χ0v) is 17.9. The summed E-state index contributed by atoms with van der Waals surface area (Å²) in [4.78, 5) is 31.0. The average molecular weight is 395 g/mol. The van der Waals surface area contributed by atoms with Crippen LogP contribution in [0, 0.1) is 0 Å². The van der Waals surface area contributed by atoms with Crippen LogP contribution in [-0.2, 0) is 9.53 Å². The van der Waals surface area contributed by atoms with Crippen molar-refractivity contribution in [1.29, 1.82) is 0 Å². The summed E-state index contributed by atoms with van der Waals surface area (Å²) in [5.74, 6) is 0.129. The third-order valence-corrected chi connectivity index (χ3v) is 6.97. The molecule has 0 bridgehead atoms. The highest BCUT2D eigenvalue weighted by molar-refractivity contribution is 5.81. The van der Waals surface area contributed by atoms with E-state index in [4.69, 9.17) is 4.74 Å². The maximum atomic E-state index is 12.4. The summed E-state index contributed by atoms with van der Waals surface area (Å²) in [7, 11) is 4.02. The van der Waals surface area contributed by atoms with Gasteiger partial charge in [0, 0.05) is 38.5 Å². The molecule has 3 aliphatic rings. The van der Waals surface area contributed by atoms with Crippen molar-refractivity contribution in [3.63, 3.8) is 0 Å². The van der Waals surface area contributed by atoms with Gasteiger partial charge in [0.1, 0.15) is 5.60 Å². The second-order valence-electron chi connectivity index (χ2n) is 8.93. The van der Waals surface area contributed by atoms with E-state index in [2.05, 4.69) is 17.3 Å². The first-order chi connectivity index (χ1) is 13.4. The molecule has 0 aromatic carbocycles. The molecule has 1 spiro atoms. The summed E-state index contributed by atoms with van der Waals surface area (Å²) in [6, 6.07) is 0.547. The molecule has 2 heterocycles. The Morgan fingerprint density at radius 2 is 1.96 bits per heavy atom. The maximum absolute atomic E-state index is 12.4. The molecule has 28 heavy (non-hydrogen) atoms. The molecule has 2 saturated heterocycles. The van der Waals surface area contributed by atoms with Crippen LogP contribution in [0.2, 0.25) is 0 Å². The number of carbonyl (C=O) groups excluding carboxylic acids is 2. The fraction of sp³-hybridized carbons (Fsp3) is 0.905. The Morgan fingerprint density at radius 3 is 2.61 bits per heavy atom. The largest absolute Gasteiger partial charge is 0.441 e. The first-order valence-corrected chi connectivity index (χ1v) is 11.1. The zero-order valence-electron chi connectivity index (χ0n) is 17.9. The Bertz CT molecular complexity index is 542. The van der Waals surface area contributed by atoms with Gasteiger partial charge in [-0.05, 0) is 46.8 Å². The summed E-state index contributed by atoms with van der Waals surface area (Å²) >= 11 is 0. The summed E-state index contributed by atoms with van der Waals surface area (Å²) in [5.41, 5.74) is -0.397. The smallest absolute Gasteiger partial charge is 0.410 e. The van der Waals surface area contributed by atoms with Gasteiger partial charge in [-0.15, -0.1) is 0 Å². The normalized spacial score (nSPS) is 24.1. The highest BCUT2D eigenvalue weighted by Crippen LogP contribution is 2.33. The molecule has 1 saturated carbocycles. The van der Waals surface area contributed by atoms with E-state index in [0.717, 1.165) is 32.4 Å². The highest BCUT2D eigenvalue weighted by atomic mass is 16.6. The molecule has 0 aromatic heterocycles. The van der Waals surface area contributed by atoms with E-state index in [-0.39, 0.29) is 18.0 Å². The third-order valence-electron chi connectivity index (χ3n) is 6.97. The third kappa shape index (κ3) is 4.98. The monoisotopic (exact) mass is 394 g/mol. The van der Waals surface area contributed by atoms with Gasteiger partial charge in [-0.2, -0.15) is 0 Å². The van der Waals surface area contributed by atoms with E-state index in [9.17, 15) is 9.59 Å². The van der Waals surface area contributed by atoms with Gasteiger partial charge in [0.25, 0.3) is 0 Å². The van der Waals surface area contributed by atoms with Crippen molar-refractivity contribution in [2.45, 2.75) is 76.0 Å². The Balaban J connectivity index is 1.42. The lowest BCUT2D eigenvalue weighted by Crippen LogP contribution is -2.52. The van der Waals surface area contributed by atoms with Crippen molar-refractivity contribution in [3.8, 4) is 0 Å². The molecular weight excluding hydrogens is 356 g/mol. The fourth-order valence-corrected chi connectivity index (χ4v) is 4.87. The number of likely N-dealkylation sites (tertiary alicyclic amines) is 1. The summed E-state index contributed by atoms with van der Waals surface area (Å²) in [6.07, 6.45) is 8.98. The van der Waals surface area contributed by atoms with Crippen molar-refractivity contribution >= 4 is 12.0 Å². The number of hydrogen-bond donors (Lipinski definition) is 1. The Kier molecular flexibility index (Phi) is 7.20. The quantitative estimate of drug-likeness (QED) is 0.716. The number of nitrogens with zero attached hydrogens (tertiary/aromatic N) is 3. The Hall–Kier alpha value is -1.34. The van der Waals surface area contributed by atoms with Crippen LogP contribution in [0.15, 0.2) is 0 Å². The van der Waals surface area contributed by atoms with Crippen LogP contribution >= 0.6 is 0 Å². The molecule has 160 valence electrons. The Morgan fingerprint density at radius 1 is 1.29 bits per heavy atom. The number of rotatable bonds is 7. The van der Waals surface area contributed by atoms with Crippen LogP contribution in [0.5, 0.6) is 0 Å². The van der Waals surface area contributed by atoms with Crippen molar-refractivity contribution in [3.05, 3.63) is 0 Å². The molecule has 0 unspecified atom stereocenters. The second-order valence-corrected chi connectivity index (χ2v) is 8.93. The van der Waals surface area contributed by atoms with Gasteiger partial charge in [-0.3, -0.25) is 4.79 Å². The van der Waals surface area contributed by atoms with Crippen LogP contribution < -0.4 is 5.32 Å². The minimum absolute atomic E-state index is 0.129. The topological polar surface area (TPSA) is 65.1 Å². The SMILES string of the molecule is CN[C@@H](C)C(=O)N1CCC2(CC1)CN(CCCN(C)C1CCCCC1)C(=O)O2. The van der Waals surface area contributed by atoms with E-state index >= 15 is 0 Å². The van der Waals surface area contributed by atoms with Crippen LogP contribution in [0.3, 0.4) is 0 Å². The van der Waals surface area contributed by atoms with E-state index < -0.39 is 5.60 Å². The molecule has 2 amide bonds. The molecule has 0 aromatic rings. The minimum Gasteiger partial charge on any atom is -0.441 e. The fourth-order valence-electron chi connectivity index (χ4n) is 4.87. The molecule has 1 aliphatic carbocycles. The maximum Gasteiger partial charge on any atom is 0.410 e. The van der Waals surface area contributed by atoms with Gasteiger partial charge in [0.2, 0.25) is 5.91 Å². The number of carbonyl (C=O) groups is 2. The second kappa shape index (κ2) is 9.44. The van der Waals surface area contributed by atoms with E-state index in [1.165, 1.54) is 32.1 Å². The number of ether oxygens (including phenoxy) is 1. The van der Waals surface area contributed by atoms with Gasteiger partial charge in [0.05, 0.1) is 12.6 Å². The van der Waals surface area contributed by atoms with Crippen LogP contribution in [0.4, 0.5) is 4.79 Å². The predicted molar refractivity (Wildman–Crippen MR) is 109 cm³/mol. The predicted octanol–water partition coefficient (Wildman–Crippen LogP) is 2.06. The van der Waals surface area contributed by atoms with E-state index in [0.29, 0.717) is 25.7 Å².